The molecule has 0 saturated carbocycles. The molecule has 0 atom stereocenters. The van der Waals surface area contributed by atoms with E-state index in [1.165, 1.54) is 0 Å². The Bertz CT molecular complexity index is 1100. The number of hydrogen-bond acceptors (Lipinski definition) is 6. The molecule has 6 nitrogen and oxygen atoms in total. The first-order valence-corrected chi connectivity index (χ1v) is 10.2. The van der Waals surface area contributed by atoms with Gasteiger partial charge in [-0.2, -0.15) is 0 Å². The maximum Gasteiger partial charge on any atom is 0.339 e. The number of hydrogen-bond donors (Lipinski definition) is 0. The number of carbonyl (C=O) groups excluding carboxylic acids is 2. The number of furan rings is 1. The summed E-state index contributed by atoms with van der Waals surface area (Å²) in [6.45, 7) is 5.65. The number of rotatable bonds is 7. The fourth-order valence-corrected chi connectivity index (χ4v) is 2.95. The second-order valence-corrected chi connectivity index (χ2v) is 7.31. The molecule has 3 rings (SSSR count). The van der Waals surface area contributed by atoms with E-state index in [0.29, 0.717) is 45.5 Å². The second-order valence-electron chi connectivity index (χ2n) is 6.87. The largest absolute Gasteiger partial charge is 0.462 e. The van der Waals surface area contributed by atoms with Gasteiger partial charge in [0.25, 0.3) is 0 Å². The van der Waals surface area contributed by atoms with Crippen molar-refractivity contribution < 1.29 is 23.5 Å². The van der Waals surface area contributed by atoms with Crippen LogP contribution in [0.4, 0.5) is 5.69 Å². The van der Waals surface area contributed by atoms with Crippen molar-refractivity contribution >= 4 is 35.4 Å². The molecule has 3 aromatic rings. The molecule has 0 radical (unpaired) electrons. The maximum atomic E-state index is 12.4. The second kappa shape index (κ2) is 10.1. The first kappa shape index (κ1) is 22.3. The third-order valence-corrected chi connectivity index (χ3v) is 4.39. The standard InChI is InChI=1S/C24H22ClNO5/c1-4-29-23(27)16-5-8-18(9-6-16)26-14-19-10-12-22(31-19)21-13-17(25)7-11-20(21)24(28)30-15(2)3/h5-15H,4H2,1-3H3. The van der Waals surface area contributed by atoms with E-state index in [2.05, 4.69) is 4.99 Å². The van der Waals surface area contributed by atoms with Crippen LogP contribution < -0.4 is 0 Å². The fraction of sp³-hybridized carbons (Fsp3) is 0.208. The Labute approximate surface area is 185 Å². The highest BCUT2D eigenvalue weighted by atomic mass is 35.5. The van der Waals surface area contributed by atoms with E-state index >= 15 is 0 Å². The molecule has 0 aliphatic rings. The van der Waals surface area contributed by atoms with Crippen molar-refractivity contribution in [2.24, 2.45) is 4.99 Å². The van der Waals surface area contributed by atoms with Crippen LogP contribution >= 0.6 is 11.6 Å². The molecular weight excluding hydrogens is 418 g/mol. The van der Waals surface area contributed by atoms with Crippen LogP contribution in [0.1, 0.15) is 47.2 Å². The van der Waals surface area contributed by atoms with Gasteiger partial charge in [-0.3, -0.25) is 4.99 Å². The van der Waals surface area contributed by atoms with E-state index in [9.17, 15) is 9.59 Å². The van der Waals surface area contributed by atoms with E-state index in [0.717, 1.165) is 0 Å². The highest BCUT2D eigenvalue weighted by Gasteiger charge is 2.18. The van der Waals surface area contributed by atoms with Crippen LogP contribution in [0, 0.1) is 0 Å². The van der Waals surface area contributed by atoms with Gasteiger partial charge in [-0.25, -0.2) is 9.59 Å². The molecule has 0 spiro atoms. The summed E-state index contributed by atoms with van der Waals surface area (Å²) < 4.78 is 16.1. The molecule has 31 heavy (non-hydrogen) atoms. The predicted octanol–water partition coefficient (Wildman–Crippen LogP) is 6.09. The smallest absolute Gasteiger partial charge is 0.339 e. The third-order valence-electron chi connectivity index (χ3n) is 4.16. The Balaban J connectivity index is 1.80. The lowest BCUT2D eigenvalue weighted by Gasteiger charge is -2.11. The van der Waals surface area contributed by atoms with Gasteiger partial charge in [-0.15, -0.1) is 0 Å². The molecule has 0 saturated heterocycles. The van der Waals surface area contributed by atoms with Gasteiger partial charge in [-0.1, -0.05) is 11.6 Å². The number of halogens is 1. The Hall–Kier alpha value is -3.38. The maximum absolute atomic E-state index is 12.4. The average molecular weight is 440 g/mol. The summed E-state index contributed by atoms with van der Waals surface area (Å²) in [5, 5.41) is 0.476. The van der Waals surface area contributed by atoms with E-state index in [4.69, 9.17) is 25.5 Å². The van der Waals surface area contributed by atoms with Gasteiger partial charge < -0.3 is 13.9 Å². The summed E-state index contributed by atoms with van der Waals surface area (Å²) in [7, 11) is 0. The van der Waals surface area contributed by atoms with Gasteiger partial charge in [0.2, 0.25) is 0 Å². The molecule has 0 aliphatic heterocycles. The van der Waals surface area contributed by atoms with Crippen LogP contribution in [0.5, 0.6) is 0 Å². The summed E-state index contributed by atoms with van der Waals surface area (Å²) in [4.78, 5) is 28.5. The van der Waals surface area contributed by atoms with Crippen LogP contribution in [0.15, 0.2) is 64.0 Å². The minimum Gasteiger partial charge on any atom is -0.462 e. The fourth-order valence-electron chi connectivity index (χ4n) is 2.78. The van der Waals surface area contributed by atoms with Gasteiger partial charge >= 0.3 is 11.9 Å². The highest BCUT2D eigenvalue weighted by Crippen LogP contribution is 2.29. The molecule has 0 amide bonds. The minimum absolute atomic E-state index is 0.245. The van der Waals surface area contributed by atoms with Crippen LogP contribution in [0.3, 0.4) is 0 Å². The topological polar surface area (TPSA) is 78.1 Å². The zero-order valence-electron chi connectivity index (χ0n) is 17.4. The van der Waals surface area contributed by atoms with Crippen molar-refractivity contribution in [1.82, 2.24) is 0 Å². The molecule has 0 fully saturated rings. The SMILES string of the molecule is CCOC(=O)c1ccc(N=Cc2ccc(-c3cc(Cl)ccc3C(=O)OC(C)C)o2)cc1. The predicted molar refractivity (Wildman–Crippen MR) is 119 cm³/mol. The average Bonchev–Trinajstić information content (AvgIpc) is 3.21. The lowest BCUT2D eigenvalue weighted by Crippen LogP contribution is -2.12. The van der Waals surface area contributed by atoms with Gasteiger partial charge in [0.1, 0.15) is 11.5 Å². The summed E-state index contributed by atoms with van der Waals surface area (Å²) in [5.41, 5.74) is 2.01. The van der Waals surface area contributed by atoms with Crippen molar-refractivity contribution in [2.45, 2.75) is 26.9 Å². The molecule has 7 heteroatoms. The van der Waals surface area contributed by atoms with Crippen LogP contribution in [-0.2, 0) is 9.47 Å². The molecule has 1 heterocycles. The molecule has 0 aliphatic carbocycles. The zero-order chi connectivity index (χ0) is 22.4. The summed E-state index contributed by atoms with van der Waals surface area (Å²) in [5.74, 6) is 0.141. The highest BCUT2D eigenvalue weighted by molar-refractivity contribution is 6.31. The normalized spacial score (nSPS) is 11.1. The van der Waals surface area contributed by atoms with E-state index in [1.807, 2.05) is 0 Å². The Kier molecular flexibility index (Phi) is 7.26. The zero-order valence-corrected chi connectivity index (χ0v) is 18.2. The molecular formula is C24H22ClNO5. The van der Waals surface area contributed by atoms with Crippen LogP contribution in [0.2, 0.25) is 5.02 Å². The molecule has 2 aromatic carbocycles. The van der Waals surface area contributed by atoms with Crippen molar-refractivity contribution in [3.05, 3.63) is 76.5 Å². The van der Waals surface area contributed by atoms with Gasteiger partial charge in [0, 0.05) is 10.6 Å². The molecule has 1 aromatic heterocycles. The third kappa shape index (κ3) is 5.83. The summed E-state index contributed by atoms with van der Waals surface area (Å²) in [6.07, 6.45) is 1.31. The molecule has 0 unspecified atom stereocenters. The number of nitrogens with zero attached hydrogens (tertiary/aromatic N) is 1. The van der Waals surface area contributed by atoms with Crippen molar-refractivity contribution in [3.8, 4) is 11.3 Å². The summed E-state index contributed by atoms with van der Waals surface area (Å²) in [6, 6.07) is 15.1. The van der Waals surface area contributed by atoms with Crippen LogP contribution in [0.25, 0.3) is 11.3 Å². The monoisotopic (exact) mass is 439 g/mol. The lowest BCUT2D eigenvalue weighted by atomic mass is 10.1. The number of carbonyl (C=O) groups is 2. The first-order valence-electron chi connectivity index (χ1n) is 9.79. The number of ether oxygens (including phenoxy) is 2. The number of aliphatic imine (C=N–C) groups is 1. The van der Waals surface area contributed by atoms with Gasteiger partial charge in [0.05, 0.1) is 35.7 Å². The van der Waals surface area contributed by atoms with E-state index in [1.54, 1.807) is 81.6 Å². The van der Waals surface area contributed by atoms with Gasteiger partial charge in [-0.05, 0) is 75.4 Å². The quantitative estimate of drug-likeness (QED) is 0.328. The van der Waals surface area contributed by atoms with Crippen molar-refractivity contribution in [2.75, 3.05) is 6.61 Å². The molecule has 0 bridgehead atoms. The molecule has 0 N–H and O–H groups in total. The Morgan fingerprint density at radius 1 is 1.06 bits per heavy atom. The van der Waals surface area contributed by atoms with E-state index < -0.39 is 5.97 Å². The minimum atomic E-state index is -0.449. The number of esters is 2. The lowest BCUT2D eigenvalue weighted by molar-refractivity contribution is 0.0378. The summed E-state index contributed by atoms with van der Waals surface area (Å²) >= 11 is 6.13. The molecule has 160 valence electrons. The number of benzene rings is 2. The Morgan fingerprint density at radius 3 is 2.48 bits per heavy atom. The first-order chi connectivity index (χ1) is 14.9. The van der Waals surface area contributed by atoms with E-state index in [-0.39, 0.29) is 12.1 Å². The van der Waals surface area contributed by atoms with Crippen LogP contribution in [-0.4, -0.2) is 30.9 Å². The Morgan fingerprint density at radius 2 is 1.81 bits per heavy atom. The van der Waals surface area contributed by atoms with Crippen molar-refractivity contribution in [1.29, 1.82) is 0 Å². The van der Waals surface area contributed by atoms with Gasteiger partial charge in [0.15, 0.2) is 0 Å². The van der Waals surface area contributed by atoms with Crippen molar-refractivity contribution in [3.63, 3.8) is 0 Å².